The molecule has 0 N–H and O–H groups in total. The third-order valence-electron chi connectivity index (χ3n) is 11.2. The number of benzene rings is 10. The molecule has 0 saturated carbocycles. The maximum atomic E-state index is 6.77. The van der Waals surface area contributed by atoms with Gasteiger partial charge in [0.1, 0.15) is 22.3 Å². The van der Waals surface area contributed by atoms with E-state index >= 15 is 0 Å². The Kier molecular flexibility index (Phi) is 5.77. The van der Waals surface area contributed by atoms with E-state index < -0.39 is 0 Å². The normalized spacial score (nSPS) is 12.2. The van der Waals surface area contributed by atoms with Crippen molar-refractivity contribution in [3.8, 4) is 22.3 Å². The number of anilines is 3. The Morgan fingerprint density at radius 2 is 1.00 bits per heavy atom. The molecule has 3 heteroatoms. The molecule has 0 atom stereocenters. The van der Waals surface area contributed by atoms with E-state index in [9.17, 15) is 0 Å². The van der Waals surface area contributed by atoms with Crippen LogP contribution in [0.15, 0.2) is 185 Å². The Morgan fingerprint density at radius 3 is 1.91 bits per heavy atom. The van der Waals surface area contributed by atoms with Crippen molar-refractivity contribution in [3.63, 3.8) is 0 Å². The highest BCUT2D eigenvalue weighted by atomic mass is 16.3. The van der Waals surface area contributed by atoms with Crippen LogP contribution in [0.25, 0.3) is 98.4 Å². The van der Waals surface area contributed by atoms with E-state index in [2.05, 4.69) is 169 Å². The lowest BCUT2D eigenvalue weighted by molar-refractivity contribution is 0.669. The van der Waals surface area contributed by atoms with E-state index in [0.717, 1.165) is 72.4 Å². The van der Waals surface area contributed by atoms with Gasteiger partial charge < -0.3 is 13.7 Å². The van der Waals surface area contributed by atoms with Crippen molar-refractivity contribution < 1.29 is 8.83 Å². The SMILES string of the molecule is c1ccc(N(c2ccc(-c3cccc(-c4ccc5c6cccc7ccc8ccc9oc4c5c9c8c76)c3)cc2)c2ccc3oc4ccccc4c3c2)cc1. The molecule has 0 amide bonds. The van der Waals surface area contributed by atoms with Crippen molar-refractivity contribution in [2.45, 2.75) is 0 Å². The van der Waals surface area contributed by atoms with E-state index in [0.29, 0.717) is 0 Å². The number of hydrogen-bond donors (Lipinski definition) is 0. The fourth-order valence-corrected chi connectivity index (χ4v) is 8.78. The topological polar surface area (TPSA) is 29.5 Å². The molecule has 0 radical (unpaired) electrons. The van der Waals surface area contributed by atoms with Crippen molar-refractivity contribution in [2.24, 2.45) is 0 Å². The van der Waals surface area contributed by atoms with Gasteiger partial charge in [0.05, 0.1) is 0 Å². The molecule has 0 bridgehead atoms. The van der Waals surface area contributed by atoms with E-state index in [-0.39, 0.29) is 0 Å². The molecule has 53 heavy (non-hydrogen) atoms. The molecular weight excluding hydrogens is 647 g/mol. The Hall–Kier alpha value is -7.10. The smallest absolute Gasteiger partial charge is 0.143 e. The summed E-state index contributed by atoms with van der Waals surface area (Å²) in [6.07, 6.45) is 0. The Morgan fingerprint density at radius 1 is 0.321 bits per heavy atom. The molecule has 2 heterocycles. The maximum Gasteiger partial charge on any atom is 0.143 e. The lowest BCUT2D eigenvalue weighted by atomic mass is 9.88. The van der Waals surface area contributed by atoms with Crippen LogP contribution in [0, 0.1) is 0 Å². The van der Waals surface area contributed by atoms with Crippen LogP contribution >= 0.6 is 0 Å². The molecular formula is C50H29NO2. The molecule has 12 aromatic rings. The van der Waals surface area contributed by atoms with Gasteiger partial charge in [0, 0.05) is 49.6 Å². The van der Waals surface area contributed by atoms with Crippen LogP contribution in [0.4, 0.5) is 17.1 Å². The lowest BCUT2D eigenvalue weighted by Crippen LogP contribution is -2.09. The standard InChI is InChI=1S/C50H29NO2/c1-2-11-35(12-3-1)51(37-23-27-44-42(29-37)39-13-4-5-15-43(39)52-44)36-21-18-30(19-22-36)33-9-6-10-34(28-33)38-24-25-41-40-14-7-8-31-16-17-32-20-26-45-49(47(32)46(31)40)48(41)50(38)53-45/h1-29H. The van der Waals surface area contributed by atoms with Gasteiger partial charge in [0.15, 0.2) is 0 Å². The zero-order valence-corrected chi connectivity index (χ0v) is 28.5. The van der Waals surface area contributed by atoms with Crippen molar-refractivity contribution in [1.29, 1.82) is 0 Å². The van der Waals surface area contributed by atoms with Gasteiger partial charge in [0.2, 0.25) is 0 Å². The van der Waals surface area contributed by atoms with Crippen molar-refractivity contribution in [3.05, 3.63) is 176 Å². The second-order valence-corrected chi connectivity index (χ2v) is 14.1. The van der Waals surface area contributed by atoms with Gasteiger partial charge in [-0.3, -0.25) is 0 Å². The first-order valence-electron chi connectivity index (χ1n) is 18.1. The molecule has 0 aliphatic carbocycles. The molecule has 0 saturated heterocycles. The van der Waals surface area contributed by atoms with Crippen LogP contribution < -0.4 is 4.90 Å². The van der Waals surface area contributed by atoms with Gasteiger partial charge >= 0.3 is 0 Å². The van der Waals surface area contributed by atoms with Gasteiger partial charge in [-0.1, -0.05) is 109 Å². The third kappa shape index (κ3) is 4.10. The molecule has 246 valence electrons. The fraction of sp³-hybridized carbons (Fsp3) is 0. The molecule has 0 unspecified atom stereocenters. The zero-order valence-electron chi connectivity index (χ0n) is 28.5. The second kappa shape index (κ2) is 10.7. The van der Waals surface area contributed by atoms with Crippen LogP contribution in [0.2, 0.25) is 0 Å². The maximum absolute atomic E-state index is 6.77. The van der Waals surface area contributed by atoms with Crippen LogP contribution in [-0.4, -0.2) is 0 Å². The highest BCUT2D eigenvalue weighted by molar-refractivity contribution is 6.40. The van der Waals surface area contributed by atoms with Crippen molar-refractivity contribution in [2.75, 3.05) is 4.90 Å². The predicted molar refractivity (Wildman–Crippen MR) is 221 cm³/mol. The fourth-order valence-electron chi connectivity index (χ4n) is 8.78. The lowest BCUT2D eigenvalue weighted by Gasteiger charge is -2.25. The first-order valence-corrected chi connectivity index (χ1v) is 18.1. The monoisotopic (exact) mass is 675 g/mol. The highest BCUT2D eigenvalue weighted by Gasteiger charge is 2.22. The highest BCUT2D eigenvalue weighted by Crippen LogP contribution is 2.48. The van der Waals surface area contributed by atoms with Gasteiger partial charge in [-0.2, -0.15) is 0 Å². The van der Waals surface area contributed by atoms with Crippen LogP contribution in [0.3, 0.4) is 0 Å². The van der Waals surface area contributed by atoms with Gasteiger partial charge in [-0.15, -0.1) is 0 Å². The molecule has 3 nitrogen and oxygen atoms in total. The number of nitrogens with zero attached hydrogens (tertiary/aromatic N) is 1. The summed E-state index contributed by atoms with van der Waals surface area (Å²) in [6, 6.07) is 62.9. The number of hydrogen-bond acceptors (Lipinski definition) is 3. The van der Waals surface area contributed by atoms with Gasteiger partial charge in [-0.05, 0) is 110 Å². The summed E-state index contributed by atoms with van der Waals surface area (Å²) < 4.78 is 12.9. The number of furan rings is 2. The molecule has 0 aliphatic rings. The minimum Gasteiger partial charge on any atom is -0.456 e. The quantitative estimate of drug-likeness (QED) is 0.134. The van der Waals surface area contributed by atoms with E-state index in [1.54, 1.807) is 0 Å². The zero-order chi connectivity index (χ0) is 34.6. The van der Waals surface area contributed by atoms with Crippen molar-refractivity contribution >= 4 is 93.3 Å². The molecule has 12 rings (SSSR count). The summed E-state index contributed by atoms with van der Waals surface area (Å²) in [5, 5.41) is 12.3. The number of rotatable bonds is 5. The largest absolute Gasteiger partial charge is 0.456 e. The Bertz CT molecular complexity index is 3330. The van der Waals surface area contributed by atoms with Crippen LogP contribution in [0.1, 0.15) is 0 Å². The summed E-state index contributed by atoms with van der Waals surface area (Å²) >= 11 is 0. The molecule has 10 aromatic carbocycles. The summed E-state index contributed by atoms with van der Waals surface area (Å²) in [5.41, 5.74) is 11.5. The second-order valence-electron chi connectivity index (χ2n) is 14.1. The predicted octanol–water partition coefficient (Wildman–Crippen LogP) is 14.6. The van der Waals surface area contributed by atoms with Crippen LogP contribution in [-0.2, 0) is 0 Å². The number of fused-ring (bicyclic) bond motifs is 4. The third-order valence-corrected chi connectivity index (χ3v) is 11.2. The van der Waals surface area contributed by atoms with E-state index in [1.807, 2.05) is 12.1 Å². The number of para-hydroxylation sites is 2. The molecule has 0 aliphatic heterocycles. The van der Waals surface area contributed by atoms with Gasteiger partial charge in [0.25, 0.3) is 0 Å². The first-order chi connectivity index (χ1) is 26.3. The van der Waals surface area contributed by atoms with Crippen molar-refractivity contribution in [1.82, 2.24) is 0 Å². The first kappa shape index (κ1) is 28.6. The average molecular weight is 676 g/mol. The van der Waals surface area contributed by atoms with E-state index in [4.69, 9.17) is 8.83 Å². The molecule has 0 fully saturated rings. The summed E-state index contributed by atoms with van der Waals surface area (Å²) in [5.74, 6) is 0. The van der Waals surface area contributed by atoms with Gasteiger partial charge in [-0.25, -0.2) is 0 Å². The molecule has 2 aromatic heterocycles. The Balaban J connectivity index is 0.966. The minimum absolute atomic E-state index is 0.889. The summed E-state index contributed by atoms with van der Waals surface area (Å²) in [6.45, 7) is 0. The summed E-state index contributed by atoms with van der Waals surface area (Å²) in [7, 11) is 0. The Labute approximate surface area is 304 Å². The minimum atomic E-state index is 0.889. The van der Waals surface area contributed by atoms with Crippen LogP contribution in [0.5, 0.6) is 0 Å². The molecule has 0 spiro atoms. The average Bonchev–Trinajstić information content (AvgIpc) is 3.80. The van der Waals surface area contributed by atoms with E-state index in [1.165, 1.54) is 43.1 Å². The summed E-state index contributed by atoms with van der Waals surface area (Å²) in [4.78, 5) is 2.31.